The van der Waals surface area contributed by atoms with Gasteiger partial charge in [0.25, 0.3) is 0 Å². The van der Waals surface area contributed by atoms with Gasteiger partial charge in [-0.25, -0.2) is 14.8 Å². The largest absolute Gasteiger partial charge is 0.464 e. The Morgan fingerprint density at radius 3 is 2.93 bits per heavy atom. The summed E-state index contributed by atoms with van der Waals surface area (Å²) in [4.78, 5) is 22.7. The van der Waals surface area contributed by atoms with Gasteiger partial charge in [0.1, 0.15) is 12.1 Å². The molecule has 1 aromatic carbocycles. The molecule has 1 saturated carbocycles. The Labute approximate surface area is 162 Å². The molecule has 5 rings (SSSR count). The molecule has 3 aromatic rings. The highest BCUT2D eigenvalue weighted by Crippen LogP contribution is 2.35. The number of hydrogen-bond donors (Lipinski definition) is 1. The van der Waals surface area contributed by atoms with Crippen LogP contribution in [-0.4, -0.2) is 43.2 Å². The van der Waals surface area contributed by atoms with Crippen molar-refractivity contribution in [2.24, 2.45) is 5.92 Å². The minimum absolute atomic E-state index is 0.438. The van der Waals surface area contributed by atoms with Crippen LogP contribution in [0.25, 0.3) is 10.9 Å². The van der Waals surface area contributed by atoms with Crippen molar-refractivity contribution in [3.05, 3.63) is 48.0 Å². The van der Waals surface area contributed by atoms with Crippen molar-refractivity contribution >= 4 is 17.0 Å². The van der Waals surface area contributed by atoms with E-state index in [2.05, 4.69) is 21.8 Å². The zero-order valence-electron chi connectivity index (χ0n) is 15.7. The molecule has 1 aliphatic carbocycles. The van der Waals surface area contributed by atoms with Crippen LogP contribution in [0.5, 0.6) is 11.6 Å². The lowest BCUT2D eigenvalue weighted by molar-refractivity contribution is 0.171. The molecule has 0 spiro atoms. The van der Waals surface area contributed by atoms with Gasteiger partial charge in [-0.05, 0) is 56.4 Å². The van der Waals surface area contributed by atoms with Crippen LogP contribution in [-0.2, 0) is 13.0 Å². The highest BCUT2D eigenvalue weighted by molar-refractivity contribution is 5.89. The van der Waals surface area contributed by atoms with E-state index in [0.29, 0.717) is 23.2 Å². The fourth-order valence-electron chi connectivity index (χ4n) is 3.97. The van der Waals surface area contributed by atoms with E-state index < -0.39 is 6.09 Å². The predicted octanol–water partition coefficient (Wildman–Crippen LogP) is 3.91. The van der Waals surface area contributed by atoms with Crippen molar-refractivity contribution in [1.29, 1.82) is 0 Å². The normalized spacial score (nSPS) is 19.5. The number of carboxylic acid groups (broad SMARTS) is 1. The highest BCUT2D eigenvalue weighted by Gasteiger charge is 2.31. The molecule has 7 heteroatoms. The zero-order valence-corrected chi connectivity index (χ0v) is 15.7. The van der Waals surface area contributed by atoms with Crippen LogP contribution in [0.2, 0.25) is 0 Å². The first kappa shape index (κ1) is 17.2. The second-order valence-electron chi connectivity index (χ2n) is 7.82. The van der Waals surface area contributed by atoms with Gasteiger partial charge in [0.2, 0.25) is 5.88 Å². The van der Waals surface area contributed by atoms with Gasteiger partial charge in [-0.1, -0.05) is 0 Å². The summed E-state index contributed by atoms with van der Waals surface area (Å²) in [5.74, 6) is 2.09. The van der Waals surface area contributed by atoms with Gasteiger partial charge in [0.05, 0.1) is 11.2 Å². The Hall–Kier alpha value is -2.93. The average molecular weight is 378 g/mol. The van der Waals surface area contributed by atoms with E-state index >= 15 is 0 Å². The number of nitrogens with zero attached hydrogens (tertiary/aromatic N) is 4. The molecule has 1 atom stereocenters. The SMILES string of the molecule is CC1Cc2c(ncnc2Oc2ccc3c(ccn3C(=O)O)c2)CN1CC1CC1. The molecule has 0 saturated heterocycles. The topological polar surface area (TPSA) is 80.5 Å². The number of carbonyl (C=O) groups is 1. The van der Waals surface area contributed by atoms with Crippen molar-refractivity contribution < 1.29 is 14.6 Å². The van der Waals surface area contributed by atoms with Gasteiger partial charge in [-0.3, -0.25) is 9.47 Å². The maximum Gasteiger partial charge on any atom is 0.415 e. The lowest BCUT2D eigenvalue weighted by atomic mass is 9.99. The van der Waals surface area contributed by atoms with E-state index in [9.17, 15) is 9.90 Å². The van der Waals surface area contributed by atoms with Crippen LogP contribution >= 0.6 is 0 Å². The molecule has 0 amide bonds. The Kier molecular flexibility index (Phi) is 4.05. The van der Waals surface area contributed by atoms with Crippen LogP contribution < -0.4 is 4.74 Å². The molecular weight excluding hydrogens is 356 g/mol. The highest BCUT2D eigenvalue weighted by atomic mass is 16.5. The first-order valence-electron chi connectivity index (χ1n) is 9.67. The van der Waals surface area contributed by atoms with Crippen LogP contribution in [0, 0.1) is 5.92 Å². The number of fused-ring (bicyclic) bond motifs is 2. The molecule has 1 N–H and O–H groups in total. The van der Waals surface area contributed by atoms with Gasteiger partial charge in [-0.15, -0.1) is 0 Å². The molecule has 0 radical (unpaired) electrons. The fraction of sp³-hybridized carbons (Fsp3) is 0.381. The molecule has 2 aromatic heterocycles. The molecule has 1 unspecified atom stereocenters. The fourth-order valence-corrected chi connectivity index (χ4v) is 3.97. The lowest BCUT2D eigenvalue weighted by Gasteiger charge is -2.34. The van der Waals surface area contributed by atoms with Crippen molar-refractivity contribution in [2.45, 2.75) is 38.8 Å². The maximum atomic E-state index is 11.3. The van der Waals surface area contributed by atoms with E-state index in [-0.39, 0.29) is 0 Å². The van der Waals surface area contributed by atoms with E-state index in [0.717, 1.165) is 42.1 Å². The number of hydrogen-bond acceptors (Lipinski definition) is 5. The third kappa shape index (κ3) is 3.11. The van der Waals surface area contributed by atoms with Crippen LogP contribution in [0.1, 0.15) is 31.0 Å². The molecule has 0 bridgehead atoms. The van der Waals surface area contributed by atoms with Gasteiger partial charge in [0, 0.05) is 36.3 Å². The smallest absolute Gasteiger partial charge is 0.415 e. The second kappa shape index (κ2) is 6.60. The maximum absolute atomic E-state index is 11.3. The van der Waals surface area contributed by atoms with Gasteiger partial charge < -0.3 is 9.84 Å². The van der Waals surface area contributed by atoms with E-state index in [4.69, 9.17) is 4.74 Å². The Morgan fingerprint density at radius 1 is 1.29 bits per heavy atom. The van der Waals surface area contributed by atoms with E-state index in [1.807, 2.05) is 6.07 Å². The molecular formula is C21H22N4O3. The summed E-state index contributed by atoms with van der Waals surface area (Å²) in [6.45, 7) is 4.24. The summed E-state index contributed by atoms with van der Waals surface area (Å²) in [5.41, 5.74) is 2.75. The number of benzene rings is 1. The molecule has 28 heavy (non-hydrogen) atoms. The lowest BCUT2D eigenvalue weighted by Crippen LogP contribution is -2.40. The first-order valence-corrected chi connectivity index (χ1v) is 9.67. The Morgan fingerprint density at radius 2 is 2.14 bits per heavy atom. The summed E-state index contributed by atoms with van der Waals surface area (Å²) in [5, 5.41) is 10.0. The summed E-state index contributed by atoms with van der Waals surface area (Å²) >= 11 is 0. The Bertz CT molecular complexity index is 1060. The summed E-state index contributed by atoms with van der Waals surface area (Å²) in [6.07, 6.45) is 5.67. The standard InChI is InChI=1S/C21H22N4O3/c1-13-8-17-18(11-24(13)10-14-2-3-14)22-12-23-20(17)28-16-4-5-19-15(9-16)6-7-25(19)21(26)27/h4-7,9,12-14H,2-3,8,10-11H2,1H3,(H,26,27). The number of ether oxygens (including phenoxy) is 1. The zero-order chi connectivity index (χ0) is 19.3. The van der Waals surface area contributed by atoms with Gasteiger partial charge in [0.15, 0.2) is 0 Å². The number of rotatable bonds is 4. The van der Waals surface area contributed by atoms with Crippen molar-refractivity contribution in [3.63, 3.8) is 0 Å². The average Bonchev–Trinajstić information content (AvgIpc) is 3.38. The third-order valence-corrected chi connectivity index (χ3v) is 5.74. The summed E-state index contributed by atoms with van der Waals surface area (Å²) in [6, 6.07) is 7.58. The van der Waals surface area contributed by atoms with Crippen LogP contribution in [0.15, 0.2) is 36.8 Å². The minimum atomic E-state index is -1.00. The Balaban J connectivity index is 1.42. The molecule has 7 nitrogen and oxygen atoms in total. The van der Waals surface area contributed by atoms with Gasteiger partial charge in [-0.2, -0.15) is 0 Å². The number of aromatic nitrogens is 3. The van der Waals surface area contributed by atoms with Crippen molar-refractivity contribution in [3.8, 4) is 11.6 Å². The minimum Gasteiger partial charge on any atom is -0.464 e. The molecule has 1 fully saturated rings. The van der Waals surface area contributed by atoms with Crippen molar-refractivity contribution in [1.82, 2.24) is 19.4 Å². The molecule has 1 aliphatic heterocycles. The quantitative estimate of drug-likeness (QED) is 0.741. The monoisotopic (exact) mass is 378 g/mol. The summed E-state index contributed by atoms with van der Waals surface area (Å²) in [7, 11) is 0. The van der Waals surface area contributed by atoms with E-state index in [1.165, 1.54) is 17.4 Å². The molecule has 144 valence electrons. The summed E-state index contributed by atoms with van der Waals surface area (Å²) < 4.78 is 7.30. The van der Waals surface area contributed by atoms with Crippen LogP contribution in [0.3, 0.4) is 0 Å². The van der Waals surface area contributed by atoms with Crippen LogP contribution in [0.4, 0.5) is 4.79 Å². The van der Waals surface area contributed by atoms with E-state index in [1.54, 1.807) is 30.7 Å². The molecule has 2 aliphatic rings. The second-order valence-corrected chi connectivity index (χ2v) is 7.82. The predicted molar refractivity (Wildman–Crippen MR) is 104 cm³/mol. The van der Waals surface area contributed by atoms with Crippen molar-refractivity contribution in [2.75, 3.05) is 6.54 Å². The molecule has 3 heterocycles. The van der Waals surface area contributed by atoms with Gasteiger partial charge >= 0.3 is 6.09 Å². The third-order valence-electron chi connectivity index (χ3n) is 5.74. The first-order chi connectivity index (χ1) is 13.6.